The Bertz CT molecular complexity index is 1270. The van der Waals surface area contributed by atoms with Crippen LogP contribution in [0.25, 0.3) is 27.7 Å². The number of nitrogens with zero attached hydrogens (tertiary/aromatic N) is 4. The van der Waals surface area contributed by atoms with Crippen molar-refractivity contribution in [1.29, 1.82) is 0 Å². The Morgan fingerprint density at radius 3 is 2.62 bits per heavy atom. The SMILES string of the molecule is Cc1nn2c(ncc3c(=O)n([C@@H]4CCCC[C@@H]4C)ccc32)c1-c1ccc(Cl)cc1. The predicted molar refractivity (Wildman–Crippen MR) is 117 cm³/mol. The number of fused-ring (bicyclic) bond motifs is 3. The summed E-state index contributed by atoms with van der Waals surface area (Å²) < 4.78 is 3.71. The topological polar surface area (TPSA) is 52.2 Å². The van der Waals surface area contributed by atoms with Gasteiger partial charge in [0.1, 0.15) is 0 Å². The number of benzene rings is 1. The average molecular weight is 407 g/mol. The second-order valence-corrected chi connectivity index (χ2v) is 8.55. The highest BCUT2D eigenvalue weighted by Crippen LogP contribution is 2.33. The van der Waals surface area contributed by atoms with Crippen LogP contribution in [0.15, 0.2) is 47.5 Å². The van der Waals surface area contributed by atoms with E-state index in [9.17, 15) is 4.79 Å². The highest BCUT2D eigenvalue weighted by Gasteiger charge is 2.24. The fraction of sp³-hybridized carbons (Fsp3) is 0.348. The van der Waals surface area contributed by atoms with Gasteiger partial charge in [0, 0.05) is 29.0 Å². The van der Waals surface area contributed by atoms with E-state index in [-0.39, 0.29) is 11.6 Å². The van der Waals surface area contributed by atoms with Crippen LogP contribution in [0.4, 0.5) is 0 Å². The van der Waals surface area contributed by atoms with Gasteiger partial charge >= 0.3 is 0 Å². The quantitative estimate of drug-likeness (QED) is 0.446. The number of hydrogen-bond donors (Lipinski definition) is 0. The van der Waals surface area contributed by atoms with Crippen molar-refractivity contribution in [3.8, 4) is 11.1 Å². The van der Waals surface area contributed by atoms with Gasteiger partial charge in [0.15, 0.2) is 5.65 Å². The summed E-state index contributed by atoms with van der Waals surface area (Å²) in [6.07, 6.45) is 8.31. The van der Waals surface area contributed by atoms with E-state index in [4.69, 9.17) is 16.7 Å². The summed E-state index contributed by atoms with van der Waals surface area (Å²) in [6, 6.07) is 9.95. The van der Waals surface area contributed by atoms with Gasteiger partial charge in [0.25, 0.3) is 5.56 Å². The zero-order valence-electron chi connectivity index (χ0n) is 16.6. The number of hydrogen-bond acceptors (Lipinski definition) is 3. The van der Waals surface area contributed by atoms with Gasteiger partial charge in [-0.25, -0.2) is 9.50 Å². The van der Waals surface area contributed by atoms with Gasteiger partial charge in [-0.05, 0) is 49.4 Å². The summed E-state index contributed by atoms with van der Waals surface area (Å²) >= 11 is 6.04. The van der Waals surface area contributed by atoms with Crippen LogP contribution in [0.1, 0.15) is 44.3 Å². The molecule has 5 rings (SSSR count). The first-order chi connectivity index (χ1) is 14.0. The molecule has 4 aromatic rings. The van der Waals surface area contributed by atoms with Crippen LogP contribution < -0.4 is 5.56 Å². The minimum absolute atomic E-state index is 0.0249. The van der Waals surface area contributed by atoms with E-state index in [2.05, 4.69) is 11.9 Å². The number of aryl methyl sites for hydroxylation is 1. The molecule has 148 valence electrons. The molecule has 1 aromatic carbocycles. The molecule has 29 heavy (non-hydrogen) atoms. The molecule has 0 amide bonds. The highest BCUT2D eigenvalue weighted by atomic mass is 35.5. The fourth-order valence-electron chi connectivity index (χ4n) is 4.72. The van der Waals surface area contributed by atoms with Gasteiger partial charge in [-0.15, -0.1) is 0 Å². The number of halogens is 1. The molecule has 1 saturated carbocycles. The average Bonchev–Trinajstić information content (AvgIpc) is 3.06. The molecule has 3 heterocycles. The molecule has 3 aromatic heterocycles. The van der Waals surface area contributed by atoms with Crippen molar-refractivity contribution >= 4 is 28.2 Å². The Balaban J connectivity index is 1.70. The molecule has 0 bridgehead atoms. The van der Waals surface area contributed by atoms with E-state index < -0.39 is 0 Å². The van der Waals surface area contributed by atoms with Gasteiger partial charge in [0.2, 0.25) is 0 Å². The maximum Gasteiger partial charge on any atom is 0.261 e. The van der Waals surface area contributed by atoms with Crippen LogP contribution in [0.2, 0.25) is 5.02 Å². The van der Waals surface area contributed by atoms with Gasteiger partial charge in [-0.3, -0.25) is 4.79 Å². The fourth-order valence-corrected chi connectivity index (χ4v) is 4.84. The maximum atomic E-state index is 13.3. The third-order valence-corrected chi connectivity index (χ3v) is 6.52. The molecule has 0 saturated heterocycles. The van der Waals surface area contributed by atoms with E-state index in [1.54, 1.807) is 10.7 Å². The van der Waals surface area contributed by atoms with E-state index in [1.165, 1.54) is 19.3 Å². The minimum Gasteiger partial charge on any atom is -0.312 e. The van der Waals surface area contributed by atoms with Crippen molar-refractivity contribution in [2.45, 2.75) is 45.6 Å². The van der Waals surface area contributed by atoms with Crippen LogP contribution in [0.3, 0.4) is 0 Å². The minimum atomic E-state index is 0.0249. The lowest BCUT2D eigenvalue weighted by Crippen LogP contribution is -2.30. The molecule has 0 radical (unpaired) electrons. The van der Waals surface area contributed by atoms with E-state index in [0.717, 1.165) is 34.4 Å². The third kappa shape index (κ3) is 2.96. The molecule has 5 nitrogen and oxygen atoms in total. The smallest absolute Gasteiger partial charge is 0.261 e. The third-order valence-electron chi connectivity index (χ3n) is 6.27. The number of aromatic nitrogens is 4. The predicted octanol–water partition coefficient (Wildman–Crippen LogP) is 5.42. The zero-order valence-corrected chi connectivity index (χ0v) is 17.4. The van der Waals surface area contributed by atoms with Gasteiger partial charge in [0.05, 0.1) is 16.6 Å². The summed E-state index contributed by atoms with van der Waals surface area (Å²) in [5.74, 6) is 0.513. The van der Waals surface area contributed by atoms with Crippen LogP contribution in [0.5, 0.6) is 0 Å². The molecule has 1 aliphatic rings. The van der Waals surface area contributed by atoms with E-state index in [1.807, 2.05) is 48.0 Å². The molecule has 2 atom stereocenters. The van der Waals surface area contributed by atoms with Crippen molar-refractivity contribution in [1.82, 2.24) is 19.2 Å². The lowest BCUT2D eigenvalue weighted by atomic mass is 9.85. The van der Waals surface area contributed by atoms with Gasteiger partial charge in [-0.2, -0.15) is 5.10 Å². The summed E-state index contributed by atoms with van der Waals surface area (Å²) in [5, 5.41) is 6.02. The summed E-state index contributed by atoms with van der Waals surface area (Å²) in [6.45, 7) is 4.21. The standard InChI is InChI=1S/C23H23ClN4O/c1-14-5-3-4-6-19(14)27-12-11-20-18(23(27)29)13-25-22-21(15(2)26-28(20)22)16-7-9-17(24)10-8-16/h7-14,19H,3-6H2,1-2H3/t14-,19+/m0/s1. The molecule has 6 heteroatoms. The molecule has 0 N–H and O–H groups in total. The molecular weight excluding hydrogens is 384 g/mol. The molecule has 0 unspecified atom stereocenters. The first kappa shape index (κ1) is 18.4. The van der Waals surface area contributed by atoms with E-state index >= 15 is 0 Å². The van der Waals surface area contributed by atoms with Crippen LogP contribution in [-0.4, -0.2) is 19.2 Å². The van der Waals surface area contributed by atoms with Gasteiger partial charge in [-0.1, -0.05) is 43.5 Å². The van der Waals surface area contributed by atoms with Crippen molar-refractivity contribution in [3.63, 3.8) is 0 Å². The maximum absolute atomic E-state index is 13.3. The van der Waals surface area contributed by atoms with Crippen LogP contribution >= 0.6 is 11.6 Å². The van der Waals surface area contributed by atoms with Crippen LogP contribution in [-0.2, 0) is 0 Å². The van der Waals surface area contributed by atoms with E-state index in [0.29, 0.717) is 16.3 Å². The Morgan fingerprint density at radius 2 is 1.86 bits per heavy atom. The monoisotopic (exact) mass is 406 g/mol. The number of pyridine rings is 1. The summed E-state index contributed by atoms with van der Waals surface area (Å²) in [5.41, 5.74) is 4.42. The Kier molecular flexibility index (Phi) is 4.43. The van der Waals surface area contributed by atoms with Crippen molar-refractivity contribution < 1.29 is 0 Å². The highest BCUT2D eigenvalue weighted by molar-refractivity contribution is 6.30. The summed E-state index contributed by atoms with van der Waals surface area (Å²) in [7, 11) is 0. The molecule has 0 aliphatic heterocycles. The largest absolute Gasteiger partial charge is 0.312 e. The normalized spacial score (nSPS) is 19.8. The second-order valence-electron chi connectivity index (χ2n) is 8.12. The van der Waals surface area contributed by atoms with Crippen molar-refractivity contribution in [2.24, 2.45) is 5.92 Å². The van der Waals surface area contributed by atoms with Gasteiger partial charge < -0.3 is 4.57 Å². The summed E-state index contributed by atoms with van der Waals surface area (Å²) in [4.78, 5) is 17.9. The molecule has 0 spiro atoms. The molecule has 1 fully saturated rings. The Labute approximate surface area is 174 Å². The van der Waals surface area contributed by atoms with Crippen LogP contribution in [0, 0.1) is 12.8 Å². The van der Waals surface area contributed by atoms with Crippen molar-refractivity contribution in [2.75, 3.05) is 0 Å². The Morgan fingerprint density at radius 1 is 1.10 bits per heavy atom. The first-order valence-electron chi connectivity index (χ1n) is 10.2. The lowest BCUT2D eigenvalue weighted by molar-refractivity contribution is 0.253. The Hall–Kier alpha value is -2.66. The van der Waals surface area contributed by atoms with Crippen molar-refractivity contribution in [3.05, 3.63) is 63.8 Å². The first-order valence-corrected chi connectivity index (χ1v) is 10.6. The zero-order chi connectivity index (χ0) is 20.1. The molecule has 1 aliphatic carbocycles. The molecular formula is C23H23ClN4O. The second kappa shape index (κ2) is 6.99. The number of rotatable bonds is 2. The lowest BCUT2D eigenvalue weighted by Gasteiger charge is -2.30.